The molecule has 0 bridgehead atoms. The summed E-state index contributed by atoms with van der Waals surface area (Å²) in [4.78, 5) is 0. The van der Waals surface area contributed by atoms with Crippen LogP contribution in [-0.4, -0.2) is 26.0 Å². The summed E-state index contributed by atoms with van der Waals surface area (Å²) in [5, 5.41) is 0.369. The van der Waals surface area contributed by atoms with Gasteiger partial charge in [0, 0.05) is 17.1 Å². The van der Waals surface area contributed by atoms with E-state index in [0.29, 0.717) is 21.4 Å². The molecule has 19 heavy (non-hydrogen) atoms. The summed E-state index contributed by atoms with van der Waals surface area (Å²) in [6.45, 7) is 3.52. The second-order valence-electron chi connectivity index (χ2n) is 4.34. The highest BCUT2D eigenvalue weighted by molar-refractivity contribution is 7.91. The van der Waals surface area contributed by atoms with Gasteiger partial charge in [0.25, 0.3) is 0 Å². The minimum Gasteiger partial charge on any atom is -0.491 e. The molecule has 108 valence electrons. The molecule has 4 nitrogen and oxygen atoms in total. The van der Waals surface area contributed by atoms with E-state index in [-0.39, 0.29) is 18.9 Å². The maximum atomic E-state index is 11.7. The molecule has 0 spiro atoms. The molecule has 0 aliphatic carbocycles. The number of halogens is 2. The van der Waals surface area contributed by atoms with Crippen LogP contribution in [0, 0.1) is 0 Å². The second-order valence-corrected chi connectivity index (χ2v) is 7.86. The highest BCUT2D eigenvalue weighted by Gasteiger charge is 2.17. The maximum absolute atomic E-state index is 11.7. The van der Waals surface area contributed by atoms with Crippen LogP contribution in [0.4, 0.5) is 0 Å². The summed E-state index contributed by atoms with van der Waals surface area (Å²) in [6.07, 6.45) is 0. The van der Waals surface area contributed by atoms with E-state index in [9.17, 15) is 8.42 Å². The second kappa shape index (κ2) is 6.79. The number of ether oxygens (including phenoxy) is 1. The number of hydrogen-bond donors (Lipinski definition) is 1. The Hall–Kier alpha value is -0.490. The number of hydrogen-bond acceptors (Lipinski definition) is 4. The third-order valence-electron chi connectivity index (χ3n) is 2.64. The van der Waals surface area contributed by atoms with E-state index in [1.807, 2.05) is 0 Å². The number of sulfone groups is 1. The Labute approximate surface area is 123 Å². The van der Waals surface area contributed by atoms with E-state index < -0.39 is 15.1 Å². The summed E-state index contributed by atoms with van der Waals surface area (Å²) in [5.74, 6) is 0.334. The largest absolute Gasteiger partial charge is 0.491 e. The summed E-state index contributed by atoms with van der Waals surface area (Å²) < 4.78 is 28.8. The molecular formula is C12H17Cl2NO3S. The van der Waals surface area contributed by atoms with Crippen LogP contribution in [-0.2, 0) is 16.4 Å². The van der Waals surface area contributed by atoms with Gasteiger partial charge in [-0.25, -0.2) is 8.42 Å². The van der Waals surface area contributed by atoms with Gasteiger partial charge in [0.05, 0.1) is 16.0 Å². The van der Waals surface area contributed by atoms with Crippen molar-refractivity contribution >= 4 is 33.0 Å². The van der Waals surface area contributed by atoms with Gasteiger partial charge < -0.3 is 10.5 Å². The minimum absolute atomic E-state index is 0.0366. The zero-order valence-electron chi connectivity index (χ0n) is 10.8. The van der Waals surface area contributed by atoms with Crippen molar-refractivity contribution in [2.75, 3.05) is 12.4 Å². The van der Waals surface area contributed by atoms with Crippen LogP contribution in [0.5, 0.6) is 5.75 Å². The molecular weight excluding hydrogens is 309 g/mol. The quantitative estimate of drug-likeness (QED) is 0.872. The van der Waals surface area contributed by atoms with E-state index in [2.05, 4.69) is 0 Å². The molecule has 0 atom stereocenters. The Morgan fingerprint density at radius 3 is 2.47 bits per heavy atom. The molecule has 0 radical (unpaired) electrons. The predicted molar refractivity (Wildman–Crippen MR) is 78.8 cm³/mol. The van der Waals surface area contributed by atoms with Crippen LogP contribution >= 0.6 is 23.2 Å². The minimum atomic E-state index is -3.13. The Morgan fingerprint density at radius 1 is 1.32 bits per heavy atom. The first kappa shape index (κ1) is 16.6. The lowest BCUT2D eigenvalue weighted by Gasteiger charge is -2.13. The van der Waals surface area contributed by atoms with E-state index in [4.69, 9.17) is 33.7 Å². The van der Waals surface area contributed by atoms with Gasteiger partial charge in [-0.2, -0.15) is 0 Å². The van der Waals surface area contributed by atoms with Crippen molar-refractivity contribution in [1.29, 1.82) is 0 Å². The molecule has 0 aliphatic heterocycles. The molecule has 0 unspecified atom stereocenters. The first-order chi connectivity index (χ1) is 8.77. The number of benzene rings is 1. The number of rotatable bonds is 6. The van der Waals surface area contributed by atoms with Gasteiger partial charge in [0.1, 0.15) is 12.4 Å². The highest BCUT2D eigenvalue weighted by atomic mass is 35.5. The average Bonchev–Trinajstić information content (AvgIpc) is 2.30. The van der Waals surface area contributed by atoms with Gasteiger partial charge in [0.15, 0.2) is 9.84 Å². The highest BCUT2D eigenvalue weighted by Crippen LogP contribution is 2.32. The van der Waals surface area contributed by atoms with Crippen molar-refractivity contribution in [2.45, 2.75) is 25.6 Å². The molecule has 7 heteroatoms. The maximum Gasteiger partial charge on any atom is 0.155 e. The van der Waals surface area contributed by atoms with Crippen molar-refractivity contribution < 1.29 is 13.2 Å². The molecule has 2 N–H and O–H groups in total. The van der Waals surface area contributed by atoms with Gasteiger partial charge in [-0.05, 0) is 26.0 Å². The van der Waals surface area contributed by atoms with Crippen LogP contribution < -0.4 is 10.5 Å². The third-order valence-corrected chi connectivity index (χ3v) is 5.31. The standard InChI is InChI=1S/C12H17Cl2NO3S/c1-8(2)19(16,17)4-3-18-12-9(7-15)5-10(13)6-11(12)14/h5-6,8H,3-4,7,15H2,1-2H3. The Kier molecular flexibility index (Phi) is 5.92. The van der Waals surface area contributed by atoms with Crippen LogP contribution in [0.15, 0.2) is 12.1 Å². The van der Waals surface area contributed by atoms with Crippen LogP contribution in [0.3, 0.4) is 0 Å². The zero-order chi connectivity index (χ0) is 14.6. The molecule has 0 aliphatic rings. The van der Waals surface area contributed by atoms with Crippen LogP contribution in [0.1, 0.15) is 19.4 Å². The summed E-state index contributed by atoms with van der Waals surface area (Å²) in [7, 11) is -3.13. The van der Waals surface area contributed by atoms with E-state index >= 15 is 0 Å². The third kappa shape index (κ3) is 4.53. The SMILES string of the molecule is CC(C)S(=O)(=O)CCOc1c(Cl)cc(Cl)cc1CN. The molecule has 0 heterocycles. The lowest BCUT2D eigenvalue weighted by Crippen LogP contribution is -2.22. The smallest absolute Gasteiger partial charge is 0.155 e. The summed E-state index contributed by atoms with van der Waals surface area (Å²) >= 11 is 11.9. The summed E-state index contributed by atoms with van der Waals surface area (Å²) in [6, 6.07) is 3.19. The lowest BCUT2D eigenvalue weighted by atomic mass is 10.2. The fraction of sp³-hybridized carbons (Fsp3) is 0.500. The topological polar surface area (TPSA) is 69.4 Å². The lowest BCUT2D eigenvalue weighted by molar-refractivity contribution is 0.337. The van der Waals surface area contributed by atoms with Crippen molar-refractivity contribution in [3.63, 3.8) is 0 Å². The molecule has 1 rings (SSSR count). The first-order valence-electron chi connectivity index (χ1n) is 5.80. The molecule has 0 saturated carbocycles. The van der Waals surface area contributed by atoms with Gasteiger partial charge in [-0.15, -0.1) is 0 Å². The molecule has 0 saturated heterocycles. The van der Waals surface area contributed by atoms with Crippen LogP contribution in [0.25, 0.3) is 0 Å². The molecule has 0 amide bonds. The molecule has 1 aromatic carbocycles. The zero-order valence-corrected chi connectivity index (χ0v) is 13.1. The van der Waals surface area contributed by atoms with Crippen molar-refractivity contribution in [3.05, 3.63) is 27.7 Å². The first-order valence-corrected chi connectivity index (χ1v) is 8.27. The van der Waals surface area contributed by atoms with Gasteiger partial charge >= 0.3 is 0 Å². The predicted octanol–water partition coefficient (Wildman–Crippen LogP) is 2.65. The Morgan fingerprint density at radius 2 is 1.95 bits per heavy atom. The van der Waals surface area contributed by atoms with E-state index in [1.54, 1.807) is 19.9 Å². The summed E-state index contributed by atoms with van der Waals surface area (Å²) in [5.41, 5.74) is 6.23. The van der Waals surface area contributed by atoms with Crippen molar-refractivity contribution in [1.82, 2.24) is 0 Å². The van der Waals surface area contributed by atoms with Crippen molar-refractivity contribution in [2.24, 2.45) is 5.73 Å². The molecule has 0 fully saturated rings. The monoisotopic (exact) mass is 325 g/mol. The van der Waals surface area contributed by atoms with Crippen LogP contribution in [0.2, 0.25) is 10.0 Å². The molecule has 1 aromatic rings. The van der Waals surface area contributed by atoms with Gasteiger partial charge in [-0.1, -0.05) is 23.2 Å². The fourth-order valence-electron chi connectivity index (χ4n) is 1.42. The Balaban J connectivity index is 2.79. The van der Waals surface area contributed by atoms with Crippen molar-refractivity contribution in [3.8, 4) is 5.75 Å². The van der Waals surface area contributed by atoms with E-state index in [1.165, 1.54) is 6.07 Å². The van der Waals surface area contributed by atoms with Gasteiger partial charge in [-0.3, -0.25) is 0 Å². The fourth-order valence-corrected chi connectivity index (χ4v) is 2.80. The molecule has 0 aromatic heterocycles. The average molecular weight is 326 g/mol. The Bertz CT molecular complexity index is 544. The normalized spacial score (nSPS) is 11.9. The number of nitrogens with two attached hydrogens (primary N) is 1. The van der Waals surface area contributed by atoms with Gasteiger partial charge in [0.2, 0.25) is 0 Å². The van der Waals surface area contributed by atoms with E-state index in [0.717, 1.165) is 0 Å².